The molecule has 1 N–H and O–H groups in total. The smallest absolute Gasteiger partial charge is 0.146 e. The summed E-state index contributed by atoms with van der Waals surface area (Å²) in [5, 5.41) is 3.70. The van der Waals surface area contributed by atoms with E-state index >= 15 is 0 Å². The third-order valence-corrected chi connectivity index (χ3v) is 3.79. The molecule has 0 saturated heterocycles. The van der Waals surface area contributed by atoms with Gasteiger partial charge in [0.2, 0.25) is 0 Å². The molecule has 2 aromatic carbocycles. The van der Waals surface area contributed by atoms with Crippen molar-refractivity contribution in [1.82, 2.24) is 5.32 Å². The minimum absolute atomic E-state index is 0.577. The maximum atomic E-state index is 6.16. The van der Waals surface area contributed by atoms with Gasteiger partial charge in [-0.15, -0.1) is 0 Å². The molecule has 0 aliphatic rings. The molecular weight excluding hydrogens is 393 g/mol. The highest BCUT2D eigenvalue weighted by atomic mass is 79.9. The van der Waals surface area contributed by atoms with E-state index in [-0.39, 0.29) is 0 Å². The zero-order chi connectivity index (χ0) is 13.8. The number of hydrogen-bond acceptors (Lipinski definition) is 2. The first kappa shape index (κ1) is 14.9. The molecule has 2 nitrogen and oxygen atoms in total. The fourth-order valence-corrected chi connectivity index (χ4v) is 2.77. The van der Waals surface area contributed by atoms with Crippen LogP contribution in [0.4, 0.5) is 0 Å². The van der Waals surface area contributed by atoms with E-state index in [1.807, 2.05) is 43.4 Å². The molecule has 2 aromatic rings. The van der Waals surface area contributed by atoms with E-state index < -0.39 is 0 Å². The maximum Gasteiger partial charge on any atom is 0.146 e. The fourth-order valence-electron chi connectivity index (χ4n) is 1.65. The number of nitrogens with one attached hydrogen (secondary N) is 1. The number of ether oxygens (including phenoxy) is 1. The molecule has 0 radical (unpaired) electrons. The average Bonchev–Trinajstić information content (AvgIpc) is 2.36. The summed E-state index contributed by atoms with van der Waals surface area (Å²) in [6.07, 6.45) is 0. The van der Waals surface area contributed by atoms with Gasteiger partial charge in [0, 0.05) is 21.1 Å². The van der Waals surface area contributed by atoms with Crippen molar-refractivity contribution in [1.29, 1.82) is 0 Å². The lowest BCUT2D eigenvalue weighted by Gasteiger charge is -2.12. The van der Waals surface area contributed by atoms with Crippen LogP contribution in [0.2, 0.25) is 5.02 Å². The summed E-state index contributed by atoms with van der Waals surface area (Å²) in [6.45, 7) is 0.725. The van der Waals surface area contributed by atoms with E-state index in [4.69, 9.17) is 16.3 Å². The topological polar surface area (TPSA) is 21.3 Å². The van der Waals surface area contributed by atoms with Crippen LogP contribution in [0.25, 0.3) is 0 Å². The van der Waals surface area contributed by atoms with Gasteiger partial charge in [-0.05, 0) is 43.4 Å². The van der Waals surface area contributed by atoms with Crippen molar-refractivity contribution in [2.75, 3.05) is 7.05 Å². The molecule has 100 valence electrons. The first-order chi connectivity index (χ1) is 9.10. The minimum Gasteiger partial charge on any atom is -0.455 e. The van der Waals surface area contributed by atoms with Crippen LogP contribution in [0.1, 0.15) is 5.56 Å². The van der Waals surface area contributed by atoms with Crippen LogP contribution in [-0.2, 0) is 6.54 Å². The predicted octanol–water partition coefficient (Wildman–Crippen LogP) is 5.38. The molecule has 0 fully saturated rings. The summed E-state index contributed by atoms with van der Waals surface area (Å²) >= 11 is 13.0. The van der Waals surface area contributed by atoms with Gasteiger partial charge < -0.3 is 10.1 Å². The zero-order valence-corrected chi connectivity index (χ0v) is 14.1. The average molecular weight is 406 g/mol. The van der Waals surface area contributed by atoms with Crippen molar-refractivity contribution in [3.05, 3.63) is 55.9 Å². The first-order valence-corrected chi connectivity index (χ1v) is 7.62. The first-order valence-electron chi connectivity index (χ1n) is 5.66. The molecular formula is C14H12Br2ClNO. The molecule has 0 heterocycles. The van der Waals surface area contributed by atoms with E-state index in [1.54, 1.807) is 0 Å². The Balaban J connectivity index is 2.32. The van der Waals surface area contributed by atoms with E-state index in [1.165, 1.54) is 0 Å². The van der Waals surface area contributed by atoms with Crippen LogP contribution < -0.4 is 10.1 Å². The number of rotatable bonds is 4. The van der Waals surface area contributed by atoms with Gasteiger partial charge in [-0.2, -0.15) is 0 Å². The molecule has 0 amide bonds. The predicted molar refractivity (Wildman–Crippen MR) is 86.1 cm³/mol. The molecule has 0 aliphatic carbocycles. The van der Waals surface area contributed by atoms with Gasteiger partial charge in [0.05, 0.1) is 5.02 Å². The Bertz CT molecular complexity index is 590. The van der Waals surface area contributed by atoms with Crippen molar-refractivity contribution in [2.24, 2.45) is 0 Å². The van der Waals surface area contributed by atoms with Crippen LogP contribution in [0.5, 0.6) is 11.5 Å². The lowest BCUT2D eigenvalue weighted by molar-refractivity contribution is 0.474. The fraction of sp³-hybridized carbons (Fsp3) is 0.143. The molecule has 0 aliphatic heterocycles. The van der Waals surface area contributed by atoms with Crippen LogP contribution in [0.15, 0.2) is 45.3 Å². The van der Waals surface area contributed by atoms with Gasteiger partial charge in [-0.1, -0.05) is 43.5 Å². The Morgan fingerprint density at radius 2 is 1.68 bits per heavy atom. The summed E-state index contributed by atoms with van der Waals surface area (Å²) in [5.74, 6) is 1.44. The normalized spacial score (nSPS) is 10.5. The SMILES string of the molecule is CNCc1cc(Br)ccc1Oc1ccc(Br)cc1Cl. The molecule has 0 aromatic heterocycles. The minimum atomic E-state index is 0.577. The number of benzene rings is 2. The quantitative estimate of drug-likeness (QED) is 0.738. The Morgan fingerprint density at radius 1 is 1.05 bits per heavy atom. The Hall–Kier alpha value is -0.550. The molecule has 0 atom stereocenters. The van der Waals surface area contributed by atoms with E-state index in [2.05, 4.69) is 37.2 Å². The molecule has 5 heteroatoms. The summed E-state index contributed by atoms with van der Waals surface area (Å²) < 4.78 is 7.84. The largest absolute Gasteiger partial charge is 0.455 e. The van der Waals surface area contributed by atoms with Crippen molar-refractivity contribution in [3.63, 3.8) is 0 Å². The van der Waals surface area contributed by atoms with Crippen LogP contribution >= 0.6 is 43.5 Å². The second-order valence-electron chi connectivity index (χ2n) is 3.96. The highest BCUT2D eigenvalue weighted by Gasteiger charge is 2.08. The van der Waals surface area contributed by atoms with E-state index in [9.17, 15) is 0 Å². The third kappa shape index (κ3) is 3.96. The van der Waals surface area contributed by atoms with Crippen molar-refractivity contribution in [2.45, 2.75) is 6.54 Å². The van der Waals surface area contributed by atoms with Crippen LogP contribution in [-0.4, -0.2) is 7.05 Å². The van der Waals surface area contributed by atoms with Gasteiger partial charge >= 0.3 is 0 Å². The maximum absolute atomic E-state index is 6.16. The highest BCUT2D eigenvalue weighted by molar-refractivity contribution is 9.10. The Kier molecular flexibility index (Phi) is 5.28. The number of hydrogen-bond donors (Lipinski definition) is 1. The van der Waals surface area contributed by atoms with Gasteiger partial charge in [-0.3, -0.25) is 0 Å². The van der Waals surface area contributed by atoms with Gasteiger partial charge in [-0.25, -0.2) is 0 Å². The summed E-state index contributed by atoms with van der Waals surface area (Å²) in [7, 11) is 1.90. The number of halogens is 3. The summed E-state index contributed by atoms with van der Waals surface area (Å²) in [6, 6.07) is 11.5. The van der Waals surface area contributed by atoms with Crippen molar-refractivity contribution < 1.29 is 4.74 Å². The molecule has 0 bridgehead atoms. The lowest BCUT2D eigenvalue weighted by Crippen LogP contribution is -2.06. The molecule has 0 unspecified atom stereocenters. The monoisotopic (exact) mass is 403 g/mol. The highest BCUT2D eigenvalue weighted by Crippen LogP contribution is 2.34. The zero-order valence-electron chi connectivity index (χ0n) is 10.2. The Morgan fingerprint density at radius 3 is 2.32 bits per heavy atom. The van der Waals surface area contributed by atoms with E-state index in [0.29, 0.717) is 10.8 Å². The molecule has 19 heavy (non-hydrogen) atoms. The molecule has 0 saturated carbocycles. The standard InChI is InChI=1S/C14H12Br2ClNO/c1-18-8-9-6-10(15)2-4-13(9)19-14-5-3-11(16)7-12(14)17/h2-7,18H,8H2,1H3. The Labute approximate surface area is 134 Å². The molecule has 2 rings (SSSR count). The second kappa shape index (κ2) is 6.75. The summed E-state index contributed by atoms with van der Waals surface area (Å²) in [4.78, 5) is 0. The van der Waals surface area contributed by atoms with Crippen molar-refractivity contribution in [3.8, 4) is 11.5 Å². The molecule has 0 spiro atoms. The van der Waals surface area contributed by atoms with Gasteiger partial charge in [0.15, 0.2) is 0 Å². The van der Waals surface area contributed by atoms with Crippen molar-refractivity contribution >= 4 is 43.5 Å². The van der Waals surface area contributed by atoms with E-state index in [0.717, 1.165) is 26.8 Å². The third-order valence-electron chi connectivity index (χ3n) is 2.50. The second-order valence-corrected chi connectivity index (χ2v) is 6.20. The van der Waals surface area contributed by atoms with Crippen LogP contribution in [0, 0.1) is 0 Å². The van der Waals surface area contributed by atoms with Gasteiger partial charge in [0.1, 0.15) is 11.5 Å². The van der Waals surface area contributed by atoms with Crippen LogP contribution in [0.3, 0.4) is 0 Å². The van der Waals surface area contributed by atoms with Gasteiger partial charge in [0.25, 0.3) is 0 Å². The summed E-state index contributed by atoms with van der Waals surface area (Å²) in [5.41, 5.74) is 1.07. The lowest BCUT2D eigenvalue weighted by atomic mass is 10.2.